The van der Waals surface area contributed by atoms with Gasteiger partial charge in [0.25, 0.3) is 11.1 Å². The first-order valence-electron chi connectivity index (χ1n) is 8.07. The van der Waals surface area contributed by atoms with Crippen molar-refractivity contribution >= 4 is 21.7 Å². The second-order valence-corrected chi connectivity index (χ2v) is 6.18. The van der Waals surface area contributed by atoms with E-state index in [1.54, 1.807) is 18.2 Å². The molecule has 0 radical (unpaired) electrons. The van der Waals surface area contributed by atoms with E-state index in [1.165, 1.54) is 12.3 Å². The van der Waals surface area contributed by atoms with Crippen LogP contribution in [0.5, 0.6) is 11.5 Å². The average molecular weight is 365 g/mol. The summed E-state index contributed by atoms with van der Waals surface area (Å²) in [5.74, 6) is 1.08. The minimum Gasteiger partial charge on any atom is -0.454 e. The molecule has 4 aromatic rings. The number of H-pyrrole nitrogens is 2. The van der Waals surface area contributed by atoms with Crippen LogP contribution in [0.2, 0.25) is 0 Å². The SMILES string of the molecule is O=c1c2cc[nH][nH]c2c(=O)c2c(=O)n(Cc3ccc4c(c3)OCO4)c(=O)c12. The van der Waals surface area contributed by atoms with Crippen molar-refractivity contribution in [3.05, 3.63) is 77.2 Å². The summed E-state index contributed by atoms with van der Waals surface area (Å²) in [5, 5.41) is 4.45. The fourth-order valence-electron chi connectivity index (χ4n) is 3.38. The summed E-state index contributed by atoms with van der Waals surface area (Å²) in [6.45, 7) is 0.0129. The highest BCUT2D eigenvalue weighted by atomic mass is 16.7. The van der Waals surface area contributed by atoms with Crippen LogP contribution in [0.15, 0.2) is 49.6 Å². The van der Waals surface area contributed by atoms with E-state index < -0.39 is 27.4 Å². The Labute approximate surface area is 148 Å². The van der Waals surface area contributed by atoms with Crippen LogP contribution in [0.1, 0.15) is 5.56 Å². The van der Waals surface area contributed by atoms with Crippen LogP contribution in [0.25, 0.3) is 21.7 Å². The Morgan fingerprint density at radius 2 is 1.67 bits per heavy atom. The Balaban J connectivity index is 1.78. The van der Waals surface area contributed by atoms with Gasteiger partial charge in [0.1, 0.15) is 16.3 Å². The van der Waals surface area contributed by atoms with Gasteiger partial charge < -0.3 is 14.6 Å². The molecule has 3 heterocycles. The largest absolute Gasteiger partial charge is 0.454 e. The predicted molar refractivity (Wildman–Crippen MR) is 96.1 cm³/mol. The Morgan fingerprint density at radius 3 is 2.48 bits per heavy atom. The van der Waals surface area contributed by atoms with E-state index in [4.69, 9.17) is 9.47 Å². The quantitative estimate of drug-likeness (QED) is 0.520. The topological polar surface area (TPSA) is 123 Å². The van der Waals surface area contributed by atoms with Crippen molar-refractivity contribution in [2.75, 3.05) is 6.79 Å². The van der Waals surface area contributed by atoms with Gasteiger partial charge in [0.15, 0.2) is 11.5 Å². The van der Waals surface area contributed by atoms with E-state index >= 15 is 0 Å². The van der Waals surface area contributed by atoms with Gasteiger partial charge in [-0.1, -0.05) is 6.07 Å². The molecule has 27 heavy (non-hydrogen) atoms. The lowest BCUT2D eigenvalue weighted by Crippen LogP contribution is -2.27. The van der Waals surface area contributed by atoms with Crippen molar-refractivity contribution in [2.45, 2.75) is 6.54 Å². The molecule has 0 bridgehead atoms. The minimum atomic E-state index is -0.783. The lowest BCUT2D eigenvalue weighted by Gasteiger charge is -2.03. The second kappa shape index (κ2) is 5.31. The van der Waals surface area contributed by atoms with E-state index in [-0.39, 0.29) is 29.6 Å². The number of fused-ring (bicyclic) bond motifs is 3. The van der Waals surface area contributed by atoms with Gasteiger partial charge in [-0.15, -0.1) is 0 Å². The third kappa shape index (κ3) is 2.05. The maximum atomic E-state index is 12.8. The second-order valence-electron chi connectivity index (χ2n) is 6.18. The van der Waals surface area contributed by atoms with Crippen LogP contribution < -0.4 is 31.4 Å². The molecule has 0 spiro atoms. The number of hydrogen-bond donors (Lipinski definition) is 2. The van der Waals surface area contributed by atoms with Gasteiger partial charge >= 0.3 is 0 Å². The zero-order chi connectivity index (χ0) is 18.7. The molecule has 0 atom stereocenters. The minimum absolute atomic E-state index is 0.0349. The summed E-state index contributed by atoms with van der Waals surface area (Å²) >= 11 is 0. The van der Waals surface area contributed by atoms with E-state index in [0.29, 0.717) is 17.1 Å². The molecule has 2 N–H and O–H groups in total. The van der Waals surface area contributed by atoms with Gasteiger partial charge in [0.2, 0.25) is 17.7 Å². The number of nitrogens with zero attached hydrogens (tertiary/aromatic N) is 1. The Bertz CT molecular complexity index is 1380. The fraction of sp³-hybridized carbons (Fsp3) is 0.111. The highest BCUT2D eigenvalue weighted by Crippen LogP contribution is 2.32. The van der Waals surface area contributed by atoms with Crippen LogP contribution in [-0.2, 0) is 6.54 Å². The van der Waals surface area contributed by atoms with Crippen molar-refractivity contribution < 1.29 is 9.47 Å². The molecule has 0 fully saturated rings. The Kier molecular flexibility index (Phi) is 3.02. The van der Waals surface area contributed by atoms with Crippen molar-refractivity contribution in [2.24, 2.45) is 0 Å². The normalized spacial score (nSPS) is 12.9. The van der Waals surface area contributed by atoms with Crippen LogP contribution in [0, 0.1) is 0 Å². The molecule has 9 nitrogen and oxygen atoms in total. The van der Waals surface area contributed by atoms with E-state index in [2.05, 4.69) is 10.2 Å². The standard InChI is InChI=1S/C18H11N3O6/c22-15-9-3-4-19-20-14(9)16(23)13-12(15)17(24)21(18(13)25)6-8-1-2-10-11(5-8)27-7-26-10/h1-5,19-20H,6-7H2. The number of aromatic amines is 2. The number of hydrogen-bond acceptors (Lipinski definition) is 6. The lowest BCUT2D eigenvalue weighted by atomic mass is 10.1. The summed E-state index contributed by atoms with van der Waals surface area (Å²) in [6, 6.07) is 6.41. The maximum absolute atomic E-state index is 12.8. The van der Waals surface area contributed by atoms with Crippen molar-refractivity contribution in [1.29, 1.82) is 0 Å². The number of nitrogens with one attached hydrogen (secondary N) is 2. The van der Waals surface area contributed by atoms with Gasteiger partial charge in [0.05, 0.1) is 11.9 Å². The molecular formula is C18H11N3O6. The van der Waals surface area contributed by atoms with Gasteiger partial charge in [-0.3, -0.25) is 28.8 Å². The van der Waals surface area contributed by atoms with Crippen LogP contribution in [0.4, 0.5) is 0 Å². The molecular weight excluding hydrogens is 354 g/mol. The highest BCUT2D eigenvalue weighted by Gasteiger charge is 2.22. The van der Waals surface area contributed by atoms with Gasteiger partial charge in [-0.25, -0.2) is 0 Å². The van der Waals surface area contributed by atoms with Crippen molar-refractivity contribution in [3.63, 3.8) is 0 Å². The van der Waals surface area contributed by atoms with Gasteiger partial charge in [0, 0.05) is 6.20 Å². The van der Waals surface area contributed by atoms with E-state index in [9.17, 15) is 19.2 Å². The molecule has 2 aromatic heterocycles. The molecule has 0 saturated carbocycles. The van der Waals surface area contributed by atoms with Crippen LogP contribution in [-0.4, -0.2) is 21.6 Å². The molecule has 0 unspecified atom stereocenters. The summed E-state index contributed by atoms with van der Waals surface area (Å²) in [4.78, 5) is 50.8. The zero-order valence-corrected chi connectivity index (χ0v) is 13.7. The monoisotopic (exact) mass is 365 g/mol. The molecule has 1 aliphatic rings. The fourth-order valence-corrected chi connectivity index (χ4v) is 3.38. The molecule has 1 aliphatic heterocycles. The number of rotatable bonds is 2. The smallest absolute Gasteiger partial charge is 0.266 e. The summed E-state index contributed by atoms with van der Waals surface area (Å²) in [7, 11) is 0. The molecule has 0 amide bonds. The molecule has 9 heteroatoms. The van der Waals surface area contributed by atoms with Crippen molar-refractivity contribution in [1.82, 2.24) is 14.8 Å². The zero-order valence-electron chi connectivity index (χ0n) is 13.7. The first-order valence-corrected chi connectivity index (χ1v) is 8.07. The third-order valence-corrected chi connectivity index (χ3v) is 4.67. The molecule has 2 aromatic carbocycles. The number of aromatic nitrogens is 3. The molecule has 0 aliphatic carbocycles. The summed E-state index contributed by atoms with van der Waals surface area (Å²) < 4.78 is 11.4. The molecule has 134 valence electrons. The van der Waals surface area contributed by atoms with Gasteiger partial charge in [-0.2, -0.15) is 0 Å². The Hall–Kier alpha value is -3.88. The van der Waals surface area contributed by atoms with Crippen molar-refractivity contribution in [3.8, 4) is 11.5 Å². The number of ether oxygens (including phenoxy) is 2. The Morgan fingerprint density at radius 1 is 0.926 bits per heavy atom. The number of benzene rings is 2. The highest BCUT2D eigenvalue weighted by molar-refractivity contribution is 5.95. The molecule has 5 rings (SSSR count). The first kappa shape index (κ1) is 15.4. The predicted octanol–water partition coefficient (Wildman–Crippen LogP) is 0.106. The van der Waals surface area contributed by atoms with Crippen LogP contribution >= 0.6 is 0 Å². The van der Waals surface area contributed by atoms with Crippen LogP contribution in [0.3, 0.4) is 0 Å². The first-order chi connectivity index (χ1) is 13.1. The third-order valence-electron chi connectivity index (χ3n) is 4.67. The van der Waals surface area contributed by atoms with Gasteiger partial charge in [-0.05, 0) is 23.8 Å². The lowest BCUT2D eigenvalue weighted by molar-refractivity contribution is 0.174. The average Bonchev–Trinajstić information content (AvgIpc) is 3.24. The maximum Gasteiger partial charge on any atom is 0.266 e. The summed E-state index contributed by atoms with van der Waals surface area (Å²) in [5.41, 5.74) is -2.30. The van der Waals surface area contributed by atoms with E-state index in [0.717, 1.165) is 4.57 Å². The van der Waals surface area contributed by atoms with E-state index in [1.807, 2.05) is 0 Å². The summed E-state index contributed by atoms with van der Waals surface area (Å²) in [6.07, 6.45) is 1.43. The molecule has 0 saturated heterocycles.